The Morgan fingerprint density at radius 3 is 2.34 bits per heavy atom. The second-order valence-corrected chi connectivity index (χ2v) is 8.93. The number of hydrogen-bond donors (Lipinski definition) is 0. The summed E-state index contributed by atoms with van der Waals surface area (Å²) in [5, 5.41) is 3.97. The number of carbonyl (C=O) groups excluding carboxylic acids is 1. The average Bonchev–Trinajstić information content (AvgIpc) is 3.32. The van der Waals surface area contributed by atoms with Gasteiger partial charge in [-0.05, 0) is 42.0 Å². The lowest BCUT2D eigenvalue weighted by atomic mass is 10.1. The van der Waals surface area contributed by atoms with Crippen LogP contribution in [-0.2, 0) is 12.7 Å². The summed E-state index contributed by atoms with van der Waals surface area (Å²) in [6.07, 6.45) is -6.13. The summed E-state index contributed by atoms with van der Waals surface area (Å²) in [5.74, 6) is -0.931. The number of aromatic nitrogens is 3. The maximum Gasteiger partial charge on any atom is 0.416 e. The van der Waals surface area contributed by atoms with Gasteiger partial charge in [-0.2, -0.15) is 18.3 Å². The summed E-state index contributed by atoms with van der Waals surface area (Å²) in [7, 11) is 0. The van der Waals surface area contributed by atoms with Gasteiger partial charge < -0.3 is 4.90 Å². The minimum atomic E-state index is -4.43. The molecular weight excluding hydrogens is 512 g/mol. The van der Waals surface area contributed by atoms with Crippen molar-refractivity contribution in [1.29, 1.82) is 0 Å². The molecule has 1 fully saturated rings. The first-order valence-electron chi connectivity index (χ1n) is 11.7. The van der Waals surface area contributed by atoms with Crippen LogP contribution in [0.25, 0.3) is 16.9 Å². The van der Waals surface area contributed by atoms with Gasteiger partial charge in [0.05, 0.1) is 17.5 Å². The van der Waals surface area contributed by atoms with Crippen molar-refractivity contribution < 1.29 is 31.1 Å². The van der Waals surface area contributed by atoms with Gasteiger partial charge in [-0.1, -0.05) is 18.2 Å². The third-order valence-electron chi connectivity index (χ3n) is 6.41. The second kappa shape index (κ2) is 10.1. The average molecular weight is 533 g/mol. The Labute approximate surface area is 213 Å². The molecule has 38 heavy (non-hydrogen) atoms. The molecule has 12 heteroatoms. The predicted molar refractivity (Wildman–Crippen MR) is 126 cm³/mol. The third-order valence-corrected chi connectivity index (χ3v) is 6.41. The Morgan fingerprint density at radius 1 is 0.974 bits per heavy atom. The van der Waals surface area contributed by atoms with Crippen LogP contribution in [0, 0.1) is 5.82 Å². The summed E-state index contributed by atoms with van der Waals surface area (Å²) >= 11 is 0. The van der Waals surface area contributed by atoms with Crippen LogP contribution in [0.5, 0.6) is 0 Å². The van der Waals surface area contributed by atoms with Crippen molar-refractivity contribution in [3.05, 3.63) is 89.0 Å². The zero-order chi connectivity index (χ0) is 27.0. The van der Waals surface area contributed by atoms with Crippen molar-refractivity contribution in [3.8, 4) is 11.3 Å². The van der Waals surface area contributed by atoms with Gasteiger partial charge >= 0.3 is 6.18 Å². The van der Waals surface area contributed by atoms with Gasteiger partial charge in [-0.25, -0.2) is 22.7 Å². The summed E-state index contributed by atoms with van der Waals surface area (Å²) in [4.78, 5) is 21.2. The van der Waals surface area contributed by atoms with E-state index in [1.807, 2.05) is 4.90 Å². The van der Waals surface area contributed by atoms with Crippen LogP contribution in [0.1, 0.15) is 33.6 Å². The van der Waals surface area contributed by atoms with Crippen LogP contribution >= 0.6 is 0 Å². The molecule has 0 saturated carbocycles. The van der Waals surface area contributed by atoms with Crippen molar-refractivity contribution in [1.82, 2.24) is 24.4 Å². The molecule has 0 N–H and O–H groups in total. The molecule has 1 aliphatic heterocycles. The molecular formula is C26H21F6N5O. The Balaban J connectivity index is 1.34. The van der Waals surface area contributed by atoms with E-state index < -0.39 is 35.6 Å². The fourth-order valence-corrected chi connectivity index (χ4v) is 4.44. The number of benzene rings is 2. The molecule has 0 spiro atoms. The number of alkyl halides is 5. The predicted octanol–water partition coefficient (Wildman–Crippen LogP) is 5.45. The van der Waals surface area contributed by atoms with Gasteiger partial charge in [0, 0.05) is 38.3 Å². The first-order chi connectivity index (χ1) is 18.1. The van der Waals surface area contributed by atoms with E-state index in [1.165, 1.54) is 41.4 Å². The van der Waals surface area contributed by atoms with Crippen LogP contribution < -0.4 is 0 Å². The number of amides is 1. The lowest BCUT2D eigenvalue weighted by Crippen LogP contribution is -2.48. The normalized spacial score (nSPS) is 15.0. The highest BCUT2D eigenvalue weighted by atomic mass is 19.4. The minimum Gasteiger partial charge on any atom is -0.336 e. The molecule has 0 aliphatic carbocycles. The van der Waals surface area contributed by atoms with Crippen molar-refractivity contribution in [3.63, 3.8) is 0 Å². The van der Waals surface area contributed by atoms with Crippen LogP contribution in [0.15, 0.2) is 60.8 Å². The minimum absolute atomic E-state index is 0.0430. The van der Waals surface area contributed by atoms with Gasteiger partial charge in [0.2, 0.25) is 0 Å². The molecule has 198 valence electrons. The number of carbonyl (C=O) groups is 1. The standard InChI is InChI=1S/C26H21F6N5O/c27-19-6-4-17(5-7-19)21-13-22(23(28)29)37-24(34-21)20(14-33-37)25(38)36-10-8-35(9-11-36)15-16-2-1-3-18(12-16)26(30,31)32/h1-7,12-14,23H,8-11,15H2. The van der Waals surface area contributed by atoms with E-state index in [0.717, 1.165) is 22.7 Å². The van der Waals surface area contributed by atoms with Gasteiger partial charge in [0.25, 0.3) is 12.3 Å². The maximum atomic E-state index is 13.8. The van der Waals surface area contributed by atoms with E-state index in [1.54, 1.807) is 6.07 Å². The Morgan fingerprint density at radius 2 is 1.68 bits per heavy atom. The molecule has 6 nitrogen and oxygen atoms in total. The summed E-state index contributed by atoms with van der Waals surface area (Å²) < 4.78 is 81.0. The molecule has 3 heterocycles. The van der Waals surface area contributed by atoms with E-state index in [4.69, 9.17) is 0 Å². The Bertz CT molecular complexity index is 1460. The van der Waals surface area contributed by atoms with Gasteiger partial charge in [0.1, 0.15) is 17.1 Å². The number of rotatable bonds is 5. The number of fused-ring (bicyclic) bond motifs is 1. The van der Waals surface area contributed by atoms with Crippen LogP contribution in [0.4, 0.5) is 26.3 Å². The van der Waals surface area contributed by atoms with Gasteiger partial charge in [-0.15, -0.1) is 0 Å². The topological polar surface area (TPSA) is 53.7 Å². The van der Waals surface area contributed by atoms with Crippen LogP contribution in [0.2, 0.25) is 0 Å². The molecule has 2 aromatic carbocycles. The molecule has 1 saturated heterocycles. The molecule has 4 aromatic rings. The second-order valence-electron chi connectivity index (χ2n) is 8.93. The van der Waals surface area contributed by atoms with Crippen molar-refractivity contribution in [2.75, 3.05) is 26.2 Å². The largest absolute Gasteiger partial charge is 0.416 e. The molecule has 1 amide bonds. The quantitative estimate of drug-likeness (QED) is 0.320. The fraction of sp³-hybridized carbons (Fsp3) is 0.269. The van der Waals surface area contributed by atoms with Crippen molar-refractivity contribution in [2.45, 2.75) is 19.1 Å². The SMILES string of the molecule is O=C(c1cnn2c(C(F)F)cc(-c3ccc(F)cc3)nc12)N1CCN(Cc2cccc(C(F)(F)F)c2)CC1. The number of piperazine rings is 1. The molecule has 0 bridgehead atoms. The lowest BCUT2D eigenvalue weighted by Gasteiger charge is -2.34. The van der Waals surface area contributed by atoms with Crippen molar-refractivity contribution >= 4 is 11.6 Å². The fourth-order valence-electron chi connectivity index (χ4n) is 4.44. The smallest absolute Gasteiger partial charge is 0.336 e. The first kappa shape index (κ1) is 25.7. The Hall–Kier alpha value is -3.93. The van der Waals surface area contributed by atoms with E-state index in [-0.39, 0.29) is 30.0 Å². The van der Waals surface area contributed by atoms with Gasteiger partial charge in [0.15, 0.2) is 5.65 Å². The van der Waals surface area contributed by atoms with E-state index in [2.05, 4.69) is 10.1 Å². The molecule has 0 atom stereocenters. The maximum absolute atomic E-state index is 13.8. The molecule has 5 rings (SSSR count). The molecule has 1 aliphatic rings. The highest BCUT2D eigenvalue weighted by Gasteiger charge is 2.31. The molecule has 0 unspecified atom stereocenters. The monoisotopic (exact) mass is 533 g/mol. The van der Waals surface area contributed by atoms with E-state index >= 15 is 0 Å². The number of hydrogen-bond acceptors (Lipinski definition) is 4. The van der Waals surface area contributed by atoms with E-state index in [9.17, 15) is 31.1 Å². The lowest BCUT2D eigenvalue weighted by molar-refractivity contribution is -0.137. The molecule has 0 radical (unpaired) electrons. The number of halogens is 6. The third kappa shape index (κ3) is 5.21. The summed E-state index contributed by atoms with van der Waals surface area (Å²) in [5.41, 5.74) is -0.112. The van der Waals surface area contributed by atoms with Crippen molar-refractivity contribution in [2.24, 2.45) is 0 Å². The summed E-state index contributed by atoms with van der Waals surface area (Å²) in [6.45, 7) is 1.70. The highest BCUT2D eigenvalue weighted by molar-refractivity contribution is 6.00. The summed E-state index contributed by atoms with van der Waals surface area (Å²) in [6, 6.07) is 11.5. The number of nitrogens with zero attached hydrogens (tertiary/aromatic N) is 5. The van der Waals surface area contributed by atoms with Crippen LogP contribution in [0.3, 0.4) is 0 Å². The van der Waals surface area contributed by atoms with Gasteiger partial charge in [-0.3, -0.25) is 9.69 Å². The Kier molecular flexibility index (Phi) is 6.82. The zero-order valence-corrected chi connectivity index (χ0v) is 19.8. The zero-order valence-electron chi connectivity index (χ0n) is 19.8. The van der Waals surface area contributed by atoms with Crippen LogP contribution in [-0.4, -0.2) is 56.5 Å². The highest BCUT2D eigenvalue weighted by Crippen LogP contribution is 2.30. The van der Waals surface area contributed by atoms with E-state index in [0.29, 0.717) is 30.8 Å². The molecule has 2 aromatic heterocycles. The first-order valence-corrected chi connectivity index (χ1v) is 11.7.